The molecule has 0 unspecified atom stereocenters. The monoisotopic (exact) mass is 315 g/mol. The van der Waals surface area contributed by atoms with Crippen molar-refractivity contribution in [1.29, 1.82) is 5.26 Å². The van der Waals surface area contributed by atoms with E-state index in [1.165, 1.54) is 0 Å². The van der Waals surface area contributed by atoms with E-state index in [0.29, 0.717) is 11.7 Å². The van der Waals surface area contributed by atoms with E-state index < -0.39 is 0 Å². The fourth-order valence-electron chi connectivity index (χ4n) is 2.16. The lowest BCUT2D eigenvalue weighted by Gasteiger charge is -2.27. The molecule has 22 heavy (non-hydrogen) atoms. The Balaban J connectivity index is 1.95. The molecule has 0 aliphatic carbocycles. The van der Waals surface area contributed by atoms with Gasteiger partial charge in [0, 0.05) is 26.2 Å². The van der Waals surface area contributed by atoms with E-state index >= 15 is 0 Å². The standard InChI is InChI=1S/C15H14ClN5O/c16-13-12(10-17)19-15(21-8-6-18-7-9-21)20-14(13)22-11-4-2-1-3-5-11/h1-5,18H,6-9H2. The minimum absolute atomic E-state index is 0.121. The number of aromatic nitrogens is 2. The summed E-state index contributed by atoms with van der Waals surface area (Å²) in [4.78, 5) is 10.6. The van der Waals surface area contributed by atoms with E-state index in [1.807, 2.05) is 29.2 Å². The Hall–Kier alpha value is -2.36. The molecule has 0 atom stereocenters. The largest absolute Gasteiger partial charge is 0.437 e. The van der Waals surface area contributed by atoms with Gasteiger partial charge in [0.15, 0.2) is 5.69 Å². The molecule has 2 aromatic rings. The van der Waals surface area contributed by atoms with Gasteiger partial charge in [-0.15, -0.1) is 0 Å². The predicted molar refractivity (Wildman–Crippen MR) is 83.4 cm³/mol. The maximum absolute atomic E-state index is 9.22. The molecule has 1 aromatic heterocycles. The molecule has 0 saturated carbocycles. The smallest absolute Gasteiger partial charge is 0.244 e. The molecule has 7 heteroatoms. The molecular weight excluding hydrogens is 302 g/mol. The van der Waals surface area contributed by atoms with Crippen LogP contribution in [0, 0.1) is 11.3 Å². The minimum Gasteiger partial charge on any atom is -0.437 e. The van der Waals surface area contributed by atoms with Crippen LogP contribution in [0.1, 0.15) is 5.69 Å². The third kappa shape index (κ3) is 3.11. The van der Waals surface area contributed by atoms with Crippen molar-refractivity contribution in [2.75, 3.05) is 31.1 Å². The van der Waals surface area contributed by atoms with Crippen LogP contribution in [0.3, 0.4) is 0 Å². The highest BCUT2D eigenvalue weighted by Crippen LogP contribution is 2.31. The number of nitrogens with zero attached hydrogens (tertiary/aromatic N) is 4. The first kappa shape index (κ1) is 14.6. The van der Waals surface area contributed by atoms with Gasteiger partial charge < -0.3 is 15.0 Å². The fraction of sp³-hybridized carbons (Fsp3) is 0.267. The predicted octanol–water partition coefficient (Wildman–Crippen LogP) is 2.20. The Morgan fingerprint density at radius 3 is 2.59 bits per heavy atom. The fourth-order valence-corrected chi connectivity index (χ4v) is 2.33. The molecular formula is C15H14ClN5O. The summed E-state index contributed by atoms with van der Waals surface area (Å²) in [5.74, 6) is 1.28. The Morgan fingerprint density at radius 2 is 1.91 bits per heavy atom. The van der Waals surface area contributed by atoms with Gasteiger partial charge in [-0.1, -0.05) is 29.8 Å². The van der Waals surface area contributed by atoms with Gasteiger partial charge in [-0.3, -0.25) is 0 Å². The van der Waals surface area contributed by atoms with Gasteiger partial charge in [-0.25, -0.2) is 4.98 Å². The highest BCUT2D eigenvalue weighted by atomic mass is 35.5. The van der Waals surface area contributed by atoms with Crippen LogP contribution < -0.4 is 15.0 Å². The van der Waals surface area contributed by atoms with Gasteiger partial charge in [0.1, 0.15) is 16.8 Å². The Bertz CT molecular complexity index is 695. The molecule has 1 aliphatic rings. The normalized spacial score (nSPS) is 14.5. The number of nitriles is 1. The summed E-state index contributed by atoms with van der Waals surface area (Å²) in [6.07, 6.45) is 0. The van der Waals surface area contributed by atoms with Crippen molar-refractivity contribution >= 4 is 17.5 Å². The number of anilines is 1. The quantitative estimate of drug-likeness (QED) is 0.936. The van der Waals surface area contributed by atoms with Crippen LogP contribution in [0.15, 0.2) is 30.3 Å². The number of ether oxygens (including phenoxy) is 1. The maximum atomic E-state index is 9.22. The Kier molecular flexibility index (Phi) is 4.37. The second-order valence-electron chi connectivity index (χ2n) is 4.76. The van der Waals surface area contributed by atoms with Crippen LogP contribution in [0.25, 0.3) is 0 Å². The molecule has 0 radical (unpaired) electrons. The topological polar surface area (TPSA) is 74.1 Å². The van der Waals surface area contributed by atoms with Crippen LogP contribution in [0.4, 0.5) is 5.95 Å². The summed E-state index contributed by atoms with van der Waals surface area (Å²) in [7, 11) is 0. The van der Waals surface area contributed by atoms with Crippen LogP contribution in [-0.4, -0.2) is 36.1 Å². The average molecular weight is 316 g/mol. The van der Waals surface area contributed by atoms with Crippen molar-refractivity contribution in [1.82, 2.24) is 15.3 Å². The van der Waals surface area contributed by atoms with E-state index in [0.717, 1.165) is 26.2 Å². The lowest BCUT2D eigenvalue weighted by molar-refractivity contribution is 0.459. The average Bonchev–Trinajstić information content (AvgIpc) is 2.58. The Morgan fingerprint density at radius 1 is 1.18 bits per heavy atom. The zero-order valence-electron chi connectivity index (χ0n) is 11.8. The molecule has 3 rings (SSSR count). The molecule has 1 fully saturated rings. The molecule has 1 N–H and O–H groups in total. The van der Waals surface area contributed by atoms with E-state index in [9.17, 15) is 5.26 Å². The third-order valence-corrected chi connectivity index (χ3v) is 3.61. The third-order valence-electron chi connectivity index (χ3n) is 3.27. The summed E-state index contributed by atoms with van der Waals surface area (Å²) in [6, 6.07) is 11.2. The van der Waals surface area contributed by atoms with Gasteiger partial charge in [0.05, 0.1) is 0 Å². The van der Waals surface area contributed by atoms with Gasteiger partial charge in [0.25, 0.3) is 0 Å². The SMILES string of the molecule is N#Cc1nc(N2CCNCC2)nc(Oc2ccccc2)c1Cl. The van der Waals surface area contributed by atoms with Crippen molar-refractivity contribution in [3.8, 4) is 17.7 Å². The van der Waals surface area contributed by atoms with Gasteiger partial charge in [0.2, 0.25) is 11.8 Å². The van der Waals surface area contributed by atoms with Gasteiger partial charge >= 0.3 is 0 Å². The molecule has 112 valence electrons. The summed E-state index contributed by atoms with van der Waals surface area (Å²) in [5, 5.41) is 12.6. The van der Waals surface area contributed by atoms with E-state index in [4.69, 9.17) is 16.3 Å². The summed E-state index contributed by atoms with van der Waals surface area (Å²) in [5.41, 5.74) is 0.121. The molecule has 0 amide bonds. The number of nitrogens with one attached hydrogen (secondary N) is 1. The van der Waals surface area contributed by atoms with Crippen LogP contribution in [0.5, 0.6) is 11.6 Å². The van der Waals surface area contributed by atoms with E-state index in [1.54, 1.807) is 12.1 Å². The lowest BCUT2D eigenvalue weighted by atomic mass is 10.3. The first-order valence-electron chi connectivity index (χ1n) is 6.94. The number of piperazine rings is 1. The van der Waals surface area contributed by atoms with Gasteiger partial charge in [-0.2, -0.15) is 10.2 Å². The molecule has 2 heterocycles. The second-order valence-corrected chi connectivity index (χ2v) is 5.13. The molecule has 1 aromatic carbocycles. The highest BCUT2D eigenvalue weighted by Gasteiger charge is 2.19. The van der Waals surface area contributed by atoms with Crippen molar-refractivity contribution in [3.05, 3.63) is 41.0 Å². The number of para-hydroxylation sites is 1. The van der Waals surface area contributed by atoms with E-state index in [-0.39, 0.29) is 16.6 Å². The molecule has 6 nitrogen and oxygen atoms in total. The van der Waals surface area contributed by atoms with Crippen LogP contribution in [-0.2, 0) is 0 Å². The highest BCUT2D eigenvalue weighted by molar-refractivity contribution is 6.32. The van der Waals surface area contributed by atoms with Crippen molar-refractivity contribution in [2.45, 2.75) is 0 Å². The number of halogens is 1. The second kappa shape index (κ2) is 6.60. The Labute approximate surface area is 133 Å². The number of hydrogen-bond donors (Lipinski definition) is 1. The minimum atomic E-state index is 0.121. The summed E-state index contributed by atoms with van der Waals surface area (Å²) < 4.78 is 5.71. The zero-order chi connectivity index (χ0) is 15.4. The van der Waals surface area contributed by atoms with Crippen molar-refractivity contribution in [2.24, 2.45) is 0 Å². The molecule has 1 saturated heterocycles. The lowest BCUT2D eigenvalue weighted by Crippen LogP contribution is -2.44. The van der Waals surface area contributed by atoms with Crippen LogP contribution >= 0.6 is 11.6 Å². The first-order chi connectivity index (χ1) is 10.8. The van der Waals surface area contributed by atoms with Crippen molar-refractivity contribution < 1.29 is 4.74 Å². The van der Waals surface area contributed by atoms with Crippen molar-refractivity contribution in [3.63, 3.8) is 0 Å². The summed E-state index contributed by atoms with van der Waals surface area (Å²) >= 11 is 6.17. The molecule has 1 aliphatic heterocycles. The number of benzene rings is 1. The van der Waals surface area contributed by atoms with Gasteiger partial charge in [-0.05, 0) is 12.1 Å². The maximum Gasteiger partial charge on any atom is 0.244 e. The molecule has 0 bridgehead atoms. The number of rotatable bonds is 3. The zero-order valence-corrected chi connectivity index (χ0v) is 12.5. The van der Waals surface area contributed by atoms with E-state index in [2.05, 4.69) is 15.3 Å². The first-order valence-corrected chi connectivity index (χ1v) is 7.32. The van der Waals surface area contributed by atoms with Crippen LogP contribution in [0.2, 0.25) is 5.02 Å². The summed E-state index contributed by atoms with van der Waals surface area (Å²) in [6.45, 7) is 3.25. The molecule has 0 spiro atoms. The number of hydrogen-bond acceptors (Lipinski definition) is 6.